The van der Waals surface area contributed by atoms with Crippen LogP contribution in [0.4, 0.5) is 0 Å². The number of aryl methyl sites for hydroxylation is 1. The Balaban J connectivity index is 2.42. The smallest absolute Gasteiger partial charge is 0.0537 e. The van der Waals surface area contributed by atoms with Gasteiger partial charge < -0.3 is 5.32 Å². The minimum atomic E-state index is 0.402. The van der Waals surface area contributed by atoms with Gasteiger partial charge in [-0.2, -0.15) is 5.10 Å². The van der Waals surface area contributed by atoms with Crippen molar-refractivity contribution in [1.82, 2.24) is 15.1 Å². The standard InChI is InChI=1S/C12H23N3/c1-5-10(3)7-13-11(4)12-8-14-15(6-2)9-12/h8-11,13H,5-7H2,1-4H3. The van der Waals surface area contributed by atoms with Crippen LogP contribution >= 0.6 is 0 Å². The molecule has 0 fully saturated rings. The van der Waals surface area contributed by atoms with Crippen LogP contribution in [0.3, 0.4) is 0 Å². The van der Waals surface area contributed by atoms with Crippen molar-refractivity contribution in [1.29, 1.82) is 0 Å². The molecule has 0 aliphatic rings. The van der Waals surface area contributed by atoms with Crippen LogP contribution in [-0.2, 0) is 6.54 Å². The molecule has 0 saturated heterocycles. The predicted molar refractivity (Wildman–Crippen MR) is 63.8 cm³/mol. The Morgan fingerprint density at radius 3 is 2.67 bits per heavy atom. The first-order valence-corrected chi connectivity index (χ1v) is 5.93. The lowest BCUT2D eigenvalue weighted by Crippen LogP contribution is -2.23. The van der Waals surface area contributed by atoms with E-state index in [9.17, 15) is 0 Å². The van der Waals surface area contributed by atoms with Gasteiger partial charge in [0, 0.05) is 24.3 Å². The lowest BCUT2D eigenvalue weighted by molar-refractivity contribution is 0.460. The molecule has 15 heavy (non-hydrogen) atoms. The molecule has 0 radical (unpaired) electrons. The summed E-state index contributed by atoms with van der Waals surface area (Å²) < 4.78 is 1.97. The third-order valence-corrected chi connectivity index (χ3v) is 2.95. The molecule has 86 valence electrons. The molecular weight excluding hydrogens is 186 g/mol. The highest BCUT2D eigenvalue weighted by Crippen LogP contribution is 2.11. The van der Waals surface area contributed by atoms with Crippen LogP contribution in [0.25, 0.3) is 0 Å². The third kappa shape index (κ3) is 3.67. The Kier molecular flexibility index (Phi) is 4.82. The van der Waals surface area contributed by atoms with E-state index in [0.717, 1.165) is 19.0 Å². The summed E-state index contributed by atoms with van der Waals surface area (Å²) in [4.78, 5) is 0. The fraction of sp³-hybridized carbons (Fsp3) is 0.750. The molecule has 2 unspecified atom stereocenters. The Morgan fingerprint density at radius 2 is 2.13 bits per heavy atom. The maximum absolute atomic E-state index is 4.28. The van der Waals surface area contributed by atoms with E-state index in [2.05, 4.69) is 44.3 Å². The van der Waals surface area contributed by atoms with Crippen molar-refractivity contribution in [3.8, 4) is 0 Å². The highest BCUT2D eigenvalue weighted by Gasteiger charge is 2.08. The first kappa shape index (κ1) is 12.2. The first-order valence-electron chi connectivity index (χ1n) is 5.93. The molecule has 0 aromatic carbocycles. The molecule has 1 heterocycles. The molecule has 1 N–H and O–H groups in total. The number of rotatable bonds is 6. The van der Waals surface area contributed by atoms with E-state index in [-0.39, 0.29) is 0 Å². The van der Waals surface area contributed by atoms with Crippen LogP contribution in [0.1, 0.15) is 45.7 Å². The van der Waals surface area contributed by atoms with Crippen molar-refractivity contribution < 1.29 is 0 Å². The van der Waals surface area contributed by atoms with E-state index >= 15 is 0 Å². The average molecular weight is 209 g/mol. The van der Waals surface area contributed by atoms with Gasteiger partial charge in [-0.05, 0) is 26.3 Å². The Labute approximate surface area is 92.9 Å². The average Bonchev–Trinajstić information content (AvgIpc) is 2.73. The SMILES string of the molecule is CCC(C)CNC(C)c1cnn(CC)c1. The minimum Gasteiger partial charge on any atom is -0.310 e. The number of nitrogens with one attached hydrogen (secondary N) is 1. The van der Waals surface area contributed by atoms with Crippen LogP contribution < -0.4 is 5.32 Å². The predicted octanol–water partition coefficient (Wildman–Crippen LogP) is 2.60. The molecule has 1 aromatic rings. The van der Waals surface area contributed by atoms with Crippen LogP contribution in [-0.4, -0.2) is 16.3 Å². The van der Waals surface area contributed by atoms with E-state index in [4.69, 9.17) is 0 Å². The number of aromatic nitrogens is 2. The molecule has 0 aliphatic carbocycles. The summed E-state index contributed by atoms with van der Waals surface area (Å²) in [6.45, 7) is 10.8. The van der Waals surface area contributed by atoms with E-state index in [1.807, 2.05) is 10.9 Å². The number of nitrogens with zero attached hydrogens (tertiary/aromatic N) is 2. The quantitative estimate of drug-likeness (QED) is 0.780. The first-order chi connectivity index (χ1) is 7.17. The zero-order chi connectivity index (χ0) is 11.3. The summed E-state index contributed by atoms with van der Waals surface area (Å²) in [5.41, 5.74) is 1.28. The van der Waals surface area contributed by atoms with Crippen molar-refractivity contribution in [3.05, 3.63) is 18.0 Å². The minimum absolute atomic E-state index is 0.402. The van der Waals surface area contributed by atoms with Crippen LogP contribution in [0.15, 0.2) is 12.4 Å². The number of hydrogen-bond donors (Lipinski definition) is 1. The topological polar surface area (TPSA) is 29.9 Å². The van der Waals surface area contributed by atoms with Crippen molar-refractivity contribution in [2.75, 3.05) is 6.54 Å². The molecule has 0 amide bonds. The maximum atomic E-state index is 4.28. The number of hydrogen-bond acceptors (Lipinski definition) is 2. The summed E-state index contributed by atoms with van der Waals surface area (Å²) in [7, 11) is 0. The van der Waals surface area contributed by atoms with Crippen LogP contribution in [0, 0.1) is 5.92 Å². The van der Waals surface area contributed by atoms with Crippen molar-refractivity contribution in [2.45, 2.75) is 46.7 Å². The maximum Gasteiger partial charge on any atom is 0.0537 e. The zero-order valence-corrected chi connectivity index (χ0v) is 10.3. The van der Waals surface area contributed by atoms with E-state index in [1.54, 1.807) is 0 Å². The summed E-state index contributed by atoms with van der Waals surface area (Å²) in [6.07, 6.45) is 5.31. The molecule has 0 bridgehead atoms. The fourth-order valence-electron chi connectivity index (χ4n) is 1.42. The molecule has 0 saturated carbocycles. The summed E-state index contributed by atoms with van der Waals surface area (Å²) in [5, 5.41) is 7.81. The molecule has 0 spiro atoms. The highest BCUT2D eigenvalue weighted by molar-refractivity contribution is 5.09. The Morgan fingerprint density at radius 1 is 1.40 bits per heavy atom. The third-order valence-electron chi connectivity index (χ3n) is 2.95. The van der Waals surface area contributed by atoms with Crippen molar-refractivity contribution in [3.63, 3.8) is 0 Å². The molecule has 2 atom stereocenters. The summed E-state index contributed by atoms with van der Waals surface area (Å²) in [6, 6.07) is 0.402. The van der Waals surface area contributed by atoms with Gasteiger partial charge >= 0.3 is 0 Å². The molecule has 0 aliphatic heterocycles. The van der Waals surface area contributed by atoms with Gasteiger partial charge in [0.15, 0.2) is 0 Å². The molecule has 1 rings (SSSR count). The summed E-state index contributed by atoms with van der Waals surface area (Å²) in [5.74, 6) is 0.744. The largest absolute Gasteiger partial charge is 0.310 e. The van der Waals surface area contributed by atoms with Gasteiger partial charge in [0.2, 0.25) is 0 Å². The van der Waals surface area contributed by atoms with Gasteiger partial charge in [0.05, 0.1) is 6.20 Å². The Hall–Kier alpha value is -0.830. The van der Waals surface area contributed by atoms with Gasteiger partial charge in [-0.25, -0.2) is 0 Å². The van der Waals surface area contributed by atoms with Gasteiger partial charge in [0.1, 0.15) is 0 Å². The van der Waals surface area contributed by atoms with E-state index < -0.39 is 0 Å². The normalized spacial score (nSPS) is 15.2. The fourth-order valence-corrected chi connectivity index (χ4v) is 1.42. The molecular formula is C12H23N3. The summed E-state index contributed by atoms with van der Waals surface area (Å²) >= 11 is 0. The molecule has 1 aromatic heterocycles. The van der Waals surface area contributed by atoms with Crippen molar-refractivity contribution in [2.24, 2.45) is 5.92 Å². The zero-order valence-electron chi connectivity index (χ0n) is 10.3. The Bertz CT molecular complexity index is 280. The van der Waals surface area contributed by atoms with Gasteiger partial charge in [-0.3, -0.25) is 4.68 Å². The van der Waals surface area contributed by atoms with Crippen LogP contribution in [0.2, 0.25) is 0 Å². The van der Waals surface area contributed by atoms with Crippen molar-refractivity contribution >= 4 is 0 Å². The van der Waals surface area contributed by atoms with E-state index in [1.165, 1.54) is 12.0 Å². The second kappa shape index (κ2) is 5.91. The highest BCUT2D eigenvalue weighted by atomic mass is 15.3. The lowest BCUT2D eigenvalue weighted by Gasteiger charge is -2.15. The molecule has 3 nitrogen and oxygen atoms in total. The monoisotopic (exact) mass is 209 g/mol. The second-order valence-corrected chi connectivity index (χ2v) is 4.27. The lowest BCUT2D eigenvalue weighted by atomic mass is 10.1. The van der Waals surface area contributed by atoms with E-state index in [0.29, 0.717) is 6.04 Å². The molecule has 3 heteroatoms. The van der Waals surface area contributed by atoms with Gasteiger partial charge in [0.25, 0.3) is 0 Å². The van der Waals surface area contributed by atoms with Gasteiger partial charge in [-0.15, -0.1) is 0 Å². The van der Waals surface area contributed by atoms with Gasteiger partial charge in [-0.1, -0.05) is 20.3 Å². The second-order valence-electron chi connectivity index (χ2n) is 4.27. The van der Waals surface area contributed by atoms with Crippen LogP contribution in [0.5, 0.6) is 0 Å².